The van der Waals surface area contributed by atoms with E-state index in [0.29, 0.717) is 13.0 Å². The van der Waals surface area contributed by atoms with Gasteiger partial charge in [0.15, 0.2) is 0 Å². The minimum absolute atomic E-state index is 0.0245. The third-order valence-corrected chi connectivity index (χ3v) is 3.26. The number of urea groups is 1. The summed E-state index contributed by atoms with van der Waals surface area (Å²) in [5.41, 5.74) is -0.557. The average molecular weight is 258 g/mol. The molecule has 0 saturated carbocycles. The molecule has 2 amide bonds. The van der Waals surface area contributed by atoms with Crippen LogP contribution in [0.15, 0.2) is 0 Å². The van der Waals surface area contributed by atoms with Crippen LogP contribution in [0.25, 0.3) is 0 Å². The summed E-state index contributed by atoms with van der Waals surface area (Å²) in [6.07, 6.45) is 2.12. The normalized spacial score (nSPS) is 19.9. The molecule has 1 heterocycles. The summed E-state index contributed by atoms with van der Waals surface area (Å²) in [4.78, 5) is 24.2. The van der Waals surface area contributed by atoms with Gasteiger partial charge < -0.3 is 20.4 Å². The summed E-state index contributed by atoms with van der Waals surface area (Å²) in [5.74, 6) is -0.869. The number of carboxylic acid groups (broad SMARTS) is 1. The average Bonchev–Trinajstić information content (AvgIpc) is 2.74. The first-order valence-electron chi connectivity index (χ1n) is 6.27. The number of rotatable bonds is 5. The first kappa shape index (κ1) is 14.8. The Morgan fingerprint density at radius 1 is 1.44 bits per heavy atom. The van der Waals surface area contributed by atoms with Crippen molar-refractivity contribution in [3.05, 3.63) is 0 Å². The first-order chi connectivity index (χ1) is 8.35. The molecular weight excluding hydrogens is 236 g/mol. The Labute approximate surface area is 107 Å². The van der Waals surface area contributed by atoms with Crippen LogP contribution in [0.1, 0.15) is 39.5 Å². The molecule has 1 aliphatic rings. The van der Waals surface area contributed by atoms with Gasteiger partial charge in [-0.3, -0.25) is 4.79 Å². The molecule has 0 bridgehead atoms. The maximum absolute atomic E-state index is 12.0. The molecule has 0 spiro atoms. The van der Waals surface area contributed by atoms with Crippen molar-refractivity contribution in [1.29, 1.82) is 0 Å². The second-order valence-electron chi connectivity index (χ2n) is 5.38. The fourth-order valence-corrected chi connectivity index (χ4v) is 2.14. The van der Waals surface area contributed by atoms with Crippen LogP contribution in [0.2, 0.25) is 0 Å². The largest absolute Gasteiger partial charge is 0.481 e. The summed E-state index contributed by atoms with van der Waals surface area (Å²) in [5, 5.41) is 20.6. The van der Waals surface area contributed by atoms with E-state index >= 15 is 0 Å². The number of likely N-dealkylation sites (tertiary alicyclic amines) is 1. The van der Waals surface area contributed by atoms with Gasteiger partial charge >= 0.3 is 12.0 Å². The van der Waals surface area contributed by atoms with E-state index in [2.05, 4.69) is 5.32 Å². The van der Waals surface area contributed by atoms with Gasteiger partial charge in [-0.1, -0.05) is 0 Å². The van der Waals surface area contributed by atoms with Crippen molar-refractivity contribution in [2.24, 2.45) is 0 Å². The third-order valence-electron chi connectivity index (χ3n) is 3.26. The molecule has 1 fully saturated rings. The topological polar surface area (TPSA) is 89.9 Å². The SMILES string of the molecule is CC(C)(CCC(=O)O)NC(=O)N1CCCC1CO. The molecule has 1 rings (SSSR count). The molecule has 0 aromatic heterocycles. The molecule has 3 N–H and O–H groups in total. The van der Waals surface area contributed by atoms with Gasteiger partial charge in [-0.15, -0.1) is 0 Å². The minimum atomic E-state index is -0.869. The number of nitrogens with one attached hydrogen (secondary N) is 1. The number of carbonyl (C=O) groups excluding carboxylic acids is 1. The molecule has 1 saturated heterocycles. The maximum Gasteiger partial charge on any atom is 0.318 e. The number of carboxylic acids is 1. The van der Waals surface area contributed by atoms with Gasteiger partial charge in [0.1, 0.15) is 0 Å². The van der Waals surface area contributed by atoms with Crippen molar-refractivity contribution in [2.45, 2.75) is 51.1 Å². The quantitative estimate of drug-likeness (QED) is 0.680. The van der Waals surface area contributed by atoms with E-state index in [1.54, 1.807) is 18.7 Å². The fourth-order valence-electron chi connectivity index (χ4n) is 2.14. The number of carbonyl (C=O) groups is 2. The highest BCUT2D eigenvalue weighted by Crippen LogP contribution is 2.18. The van der Waals surface area contributed by atoms with Gasteiger partial charge in [-0.05, 0) is 33.1 Å². The summed E-state index contributed by atoms with van der Waals surface area (Å²) >= 11 is 0. The van der Waals surface area contributed by atoms with E-state index in [0.717, 1.165) is 12.8 Å². The van der Waals surface area contributed by atoms with Crippen LogP contribution in [-0.2, 0) is 4.79 Å². The number of aliphatic carboxylic acids is 1. The van der Waals surface area contributed by atoms with E-state index in [1.165, 1.54) is 0 Å². The Morgan fingerprint density at radius 2 is 2.11 bits per heavy atom. The lowest BCUT2D eigenvalue weighted by Gasteiger charge is -2.31. The van der Waals surface area contributed by atoms with Gasteiger partial charge in [-0.2, -0.15) is 0 Å². The summed E-state index contributed by atoms with van der Waals surface area (Å²) < 4.78 is 0. The van der Waals surface area contributed by atoms with Crippen molar-refractivity contribution in [3.63, 3.8) is 0 Å². The van der Waals surface area contributed by atoms with Gasteiger partial charge in [-0.25, -0.2) is 4.79 Å². The molecule has 1 atom stereocenters. The number of nitrogens with zero attached hydrogens (tertiary/aromatic N) is 1. The molecule has 1 unspecified atom stereocenters. The van der Waals surface area contributed by atoms with E-state index in [-0.39, 0.29) is 25.1 Å². The molecule has 18 heavy (non-hydrogen) atoms. The standard InChI is InChI=1S/C12H22N2O4/c1-12(2,6-5-10(16)17)13-11(18)14-7-3-4-9(14)8-15/h9,15H,3-8H2,1-2H3,(H,13,18)(H,16,17). The monoisotopic (exact) mass is 258 g/mol. The van der Waals surface area contributed by atoms with Gasteiger partial charge in [0.25, 0.3) is 0 Å². The molecule has 6 nitrogen and oxygen atoms in total. The van der Waals surface area contributed by atoms with Crippen molar-refractivity contribution in [3.8, 4) is 0 Å². The smallest absolute Gasteiger partial charge is 0.318 e. The van der Waals surface area contributed by atoms with Crippen LogP contribution in [0, 0.1) is 0 Å². The minimum Gasteiger partial charge on any atom is -0.481 e. The second kappa shape index (κ2) is 6.04. The van der Waals surface area contributed by atoms with Crippen molar-refractivity contribution in [2.75, 3.05) is 13.2 Å². The molecular formula is C12H22N2O4. The Hall–Kier alpha value is -1.30. The summed E-state index contributed by atoms with van der Waals surface area (Å²) in [6, 6.07) is -0.331. The Bertz CT molecular complexity index is 317. The highest BCUT2D eigenvalue weighted by molar-refractivity contribution is 5.76. The van der Waals surface area contributed by atoms with Crippen LogP contribution in [0.5, 0.6) is 0 Å². The zero-order valence-electron chi connectivity index (χ0n) is 11.0. The van der Waals surface area contributed by atoms with Crippen molar-refractivity contribution >= 4 is 12.0 Å². The zero-order chi connectivity index (χ0) is 13.8. The Kier molecular flexibility index (Phi) is 4.95. The van der Waals surface area contributed by atoms with Crippen LogP contribution in [-0.4, -0.2) is 51.8 Å². The predicted octanol–water partition coefficient (Wildman–Crippen LogP) is 0.796. The molecule has 0 aromatic rings. The fraction of sp³-hybridized carbons (Fsp3) is 0.833. The van der Waals surface area contributed by atoms with E-state index in [4.69, 9.17) is 10.2 Å². The van der Waals surface area contributed by atoms with Gasteiger partial charge in [0, 0.05) is 18.5 Å². The molecule has 6 heteroatoms. The predicted molar refractivity (Wildman–Crippen MR) is 66.3 cm³/mol. The van der Waals surface area contributed by atoms with Crippen LogP contribution in [0.3, 0.4) is 0 Å². The van der Waals surface area contributed by atoms with Gasteiger partial charge in [0.05, 0.1) is 12.6 Å². The van der Waals surface area contributed by atoms with Crippen molar-refractivity contribution in [1.82, 2.24) is 10.2 Å². The number of hydrogen-bond acceptors (Lipinski definition) is 3. The van der Waals surface area contributed by atoms with Crippen LogP contribution < -0.4 is 5.32 Å². The van der Waals surface area contributed by atoms with Crippen LogP contribution >= 0.6 is 0 Å². The van der Waals surface area contributed by atoms with E-state index in [9.17, 15) is 9.59 Å². The molecule has 1 aliphatic heterocycles. The number of aliphatic hydroxyl groups excluding tert-OH is 1. The highest BCUT2D eigenvalue weighted by atomic mass is 16.4. The third kappa shape index (κ3) is 4.18. The molecule has 104 valence electrons. The van der Waals surface area contributed by atoms with Gasteiger partial charge in [0.2, 0.25) is 0 Å². The second-order valence-corrected chi connectivity index (χ2v) is 5.38. The Balaban J connectivity index is 2.49. The lowest BCUT2D eigenvalue weighted by atomic mass is 9.99. The Morgan fingerprint density at radius 3 is 2.67 bits per heavy atom. The summed E-state index contributed by atoms with van der Waals surface area (Å²) in [6.45, 7) is 4.23. The van der Waals surface area contributed by atoms with E-state index in [1.807, 2.05) is 0 Å². The lowest BCUT2D eigenvalue weighted by Crippen LogP contribution is -2.52. The highest BCUT2D eigenvalue weighted by Gasteiger charge is 2.31. The number of amides is 2. The van der Waals surface area contributed by atoms with E-state index < -0.39 is 11.5 Å². The lowest BCUT2D eigenvalue weighted by molar-refractivity contribution is -0.137. The molecule has 0 radical (unpaired) electrons. The maximum atomic E-state index is 12.0. The number of aliphatic hydroxyl groups is 1. The van der Waals surface area contributed by atoms with Crippen molar-refractivity contribution < 1.29 is 19.8 Å². The zero-order valence-corrected chi connectivity index (χ0v) is 11.0. The molecule has 0 aromatic carbocycles. The summed E-state index contributed by atoms with van der Waals surface area (Å²) in [7, 11) is 0. The number of hydrogen-bond donors (Lipinski definition) is 3. The van der Waals surface area contributed by atoms with Crippen LogP contribution in [0.4, 0.5) is 4.79 Å². The molecule has 0 aliphatic carbocycles. The first-order valence-corrected chi connectivity index (χ1v) is 6.27.